The molecule has 0 radical (unpaired) electrons. The summed E-state index contributed by atoms with van der Waals surface area (Å²) in [5, 5.41) is 0. The summed E-state index contributed by atoms with van der Waals surface area (Å²) in [5.41, 5.74) is -2.43. The lowest BCUT2D eigenvalue weighted by Crippen LogP contribution is -2.13. The highest BCUT2D eigenvalue weighted by Gasteiger charge is 2.38. The molecule has 0 spiro atoms. The normalized spacial score (nSPS) is 11.3. The molecule has 1 aromatic rings. The minimum atomic E-state index is -4.92. The molecule has 0 saturated heterocycles. The Morgan fingerprint density at radius 3 is 2.33 bits per heavy atom. The van der Waals surface area contributed by atoms with E-state index in [2.05, 4.69) is 4.74 Å². The summed E-state index contributed by atoms with van der Waals surface area (Å²) in [6, 6.07) is 1.57. The second-order valence-electron chi connectivity index (χ2n) is 2.65. The summed E-state index contributed by atoms with van der Waals surface area (Å²) in [4.78, 5) is 10.5. The van der Waals surface area contributed by atoms with Crippen LogP contribution in [0.4, 0.5) is 17.6 Å². The molecule has 0 aromatic heterocycles. The molecule has 6 heteroatoms. The van der Waals surface area contributed by atoms with Gasteiger partial charge in [0, 0.05) is 0 Å². The van der Waals surface area contributed by atoms with E-state index in [4.69, 9.17) is 0 Å². The van der Waals surface area contributed by atoms with Crippen LogP contribution in [0.25, 0.3) is 0 Å². The van der Waals surface area contributed by atoms with Gasteiger partial charge >= 0.3 is 6.18 Å². The molecule has 0 saturated carbocycles. The fourth-order valence-corrected chi connectivity index (χ4v) is 1.16. The zero-order chi connectivity index (χ0) is 11.6. The van der Waals surface area contributed by atoms with Crippen molar-refractivity contribution in [1.82, 2.24) is 0 Å². The summed E-state index contributed by atoms with van der Waals surface area (Å²) in [6.45, 7) is 0. The molecule has 0 aliphatic rings. The Hall–Kier alpha value is -1.59. The number of hydrogen-bond donors (Lipinski definition) is 0. The summed E-state index contributed by atoms with van der Waals surface area (Å²) >= 11 is 0. The second kappa shape index (κ2) is 3.88. The number of halogens is 4. The second-order valence-corrected chi connectivity index (χ2v) is 2.65. The minimum absolute atomic E-state index is 0.0786. The van der Waals surface area contributed by atoms with E-state index < -0.39 is 23.1 Å². The number of alkyl halides is 3. The van der Waals surface area contributed by atoms with E-state index in [9.17, 15) is 22.4 Å². The van der Waals surface area contributed by atoms with Crippen molar-refractivity contribution in [3.05, 3.63) is 29.1 Å². The lowest BCUT2D eigenvalue weighted by atomic mass is 10.1. The molecule has 1 aromatic carbocycles. The van der Waals surface area contributed by atoms with E-state index in [1.807, 2.05) is 0 Å². The van der Waals surface area contributed by atoms with Crippen molar-refractivity contribution in [2.24, 2.45) is 0 Å². The lowest BCUT2D eigenvalue weighted by molar-refractivity contribution is -0.140. The molecule has 1 rings (SSSR count). The SMILES string of the molecule is COc1ccc(F)c(C(F)(F)F)c1C=O. The van der Waals surface area contributed by atoms with Crippen molar-refractivity contribution in [2.45, 2.75) is 6.18 Å². The Morgan fingerprint density at radius 2 is 1.93 bits per heavy atom. The maximum atomic E-state index is 12.9. The average Bonchev–Trinajstić information content (AvgIpc) is 2.15. The van der Waals surface area contributed by atoms with Crippen LogP contribution in [-0.2, 0) is 6.18 Å². The van der Waals surface area contributed by atoms with Crippen LogP contribution in [0.3, 0.4) is 0 Å². The highest BCUT2D eigenvalue weighted by molar-refractivity contribution is 5.82. The van der Waals surface area contributed by atoms with Gasteiger partial charge in [-0.05, 0) is 12.1 Å². The number of carbonyl (C=O) groups is 1. The third-order valence-corrected chi connectivity index (χ3v) is 1.78. The molecule has 0 aliphatic heterocycles. The van der Waals surface area contributed by atoms with E-state index in [-0.39, 0.29) is 12.0 Å². The molecule has 0 fully saturated rings. The molecule has 0 N–H and O–H groups in total. The van der Waals surface area contributed by atoms with Gasteiger partial charge in [0.15, 0.2) is 6.29 Å². The molecule has 15 heavy (non-hydrogen) atoms. The predicted molar refractivity (Wildman–Crippen MR) is 43.3 cm³/mol. The van der Waals surface area contributed by atoms with E-state index in [0.29, 0.717) is 6.07 Å². The molecule has 0 amide bonds. The first kappa shape index (κ1) is 11.5. The maximum absolute atomic E-state index is 12.9. The molecule has 0 heterocycles. The highest BCUT2D eigenvalue weighted by atomic mass is 19.4. The number of aldehydes is 1. The van der Waals surface area contributed by atoms with E-state index in [1.54, 1.807) is 0 Å². The van der Waals surface area contributed by atoms with Crippen molar-refractivity contribution in [2.75, 3.05) is 7.11 Å². The van der Waals surface area contributed by atoms with Crippen LogP contribution in [0.15, 0.2) is 12.1 Å². The maximum Gasteiger partial charge on any atom is 0.420 e. The minimum Gasteiger partial charge on any atom is -0.496 e. The Morgan fingerprint density at radius 1 is 1.33 bits per heavy atom. The van der Waals surface area contributed by atoms with Crippen molar-refractivity contribution >= 4 is 6.29 Å². The van der Waals surface area contributed by atoms with Crippen molar-refractivity contribution < 1.29 is 27.1 Å². The van der Waals surface area contributed by atoms with Gasteiger partial charge < -0.3 is 4.74 Å². The molecule has 2 nitrogen and oxygen atoms in total. The Bertz CT molecular complexity index is 384. The smallest absolute Gasteiger partial charge is 0.420 e. The van der Waals surface area contributed by atoms with Gasteiger partial charge in [0.25, 0.3) is 0 Å². The van der Waals surface area contributed by atoms with Crippen molar-refractivity contribution in [3.8, 4) is 5.75 Å². The van der Waals surface area contributed by atoms with Crippen LogP contribution in [-0.4, -0.2) is 13.4 Å². The van der Waals surface area contributed by atoms with Gasteiger partial charge in [0.05, 0.1) is 12.7 Å². The standard InChI is InChI=1S/C9H6F4O2/c1-15-7-3-2-6(10)8(5(7)4-14)9(11,12)13/h2-4H,1H3. The zero-order valence-corrected chi connectivity index (χ0v) is 7.56. The van der Waals surface area contributed by atoms with Crippen LogP contribution in [0, 0.1) is 5.82 Å². The number of methoxy groups -OCH3 is 1. The molecule has 0 bridgehead atoms. The van der Waals surface area contributed by atoms with Crippen LogP contribution in [0.2, 0.25) is 0 Å². The van der Waals surface area contributed by atoms with E-state index >= 15 is 0 Å². The molecule has 82 valence electrons. The Balaban J connectivity index is 3.53. The monoisotopic (exact) mass is 222 g/mol. The summed E-state index contributed by atoms with van der Waals surface area (Å²) in [6.07, 6.45) is -5.00. The first-order valence-corrected chi connectivity index (χ1v) is 3.80. The first-order valence-electron chi connectivity index (χ1n) is 3.80. The number of benzene rings is 1. The fraction of sp³-hybridized carbons (Fsp3) is 0.222. The van der Waals surface area contributed by atoms with E-state index in [1.165, 1.54) is 0 Å². The molecule has 0 aliphatic carbocycles. The largest absolute Gasteiger partial charge is 0.496 e. The predicted octanol–water partition coefficient (Wildman–Crippen LogP) is 2.67. The number of hydrogen-bond acceptors (Lipinski definition) is 2. The van der Waals surface area contributed by atoms with Crippen LogP contribution < -0.4 is 4.74 Å². The number of rotatable bonds is 2. The highest BCUT2D eigenvalue weighted by Crippen LogP contribution is 2.36. The number of ether oxygens (including phenoxy) is 1. The van der Waals surface area contributed by atoms with Gasteiger partial charge in [-0.1, -0.05) is 0 Å². The van der Waals surface area contributed by atoms with Gasteiger partial charge in [-0.3, -0.25) is 4.79 Å². The van der Waals surface area contributed by atoms with Gasteiger partial charge in [-0.15, -0.1) is 0 Å². The van der Waals surface area contributed by atoms with Crippen LogP contribution in [0.5, 0.6) is 5.75 Å². The average molecular weight is 222 g/mol. The fourth-order valence-electron chi connectivity index (χ4n) is 1.16. The summed E-state index contributed by atoms with van der Waals surface area (Å²) in [7, 11) is 1.10. The topological polar surface area (TPSA) is 26.3 Å². The quantitative estimate of drug-likeness (QED) is 0.568. The molecule has 0 unspecified atom stereocenters. The summed E-state index contributed by atoms with van der Waals surface area (Å²) < 4.78 is 54.5. The lowest BCUT2D eigenvalue weighted by Gasteiger charge is -2.12. The molecular formula is C9H6F4O2. The Kier molecular flexibility index (Phi) is 2.97. The van der Waals surface area contributed by atoms with Crippen molar-refractivity contribution in [1.29, 1.82) is 0 Å². The third-order valence-electron chi connectivity index (χ3n) is 1.78. The van der Waals surface area contributed by atoms with Gasteiger partial charge in [-0.2, -0.15) is 13.2 Å². The van der Waals surface area contributed by atoms with E-state index in [0.717, 1.165) is 13.2 Å². The summed E-state index contributed by atoms with van der Waals surface area (Å²) in [5.74, 6) is -1.80. The molecular weight excluding hydrogens is 216 g/mol. The van der Waals surface area contributed by atoms with Crippen LogP contribution in [0.1, 0.15) is 15.9 Å². The number of carbonyl (C=O) groups excluding carboxylic acids is 1. The van der Waals surface area contributed by atoms with Gasteiger partial charge in [0.1, 0.15) is 17.1 Å². The van der Waals surface area contributed by atoms with Crippen LogP contribution >= 0.6 is 0 Å². The molecule has 0 atom stereocenters. The zero-order valence-electron chi connectivity index (χ0n) is 7.56. The van der Waals surface area contributed by atoms with Crippen molar-refractivity contribution in [3.63, 3.8) is 0 Å². The van der Waals surface area contributed by atoms with Gasteiger partial charge in [0.2, 0.25) is 0 Å². The first-order chi connectivity index (χ1) is 6.91. The third kappa shape index (κ3) is 2.08. The Labute approximate surface area is 82.5 Å². The van der Waals surface area contributed by atoms with Gasteiger partial charge in [-0.25, -0.2) is 4.39 Å².